The highest BCUT2D eigenvalue weighted by molar-refractivity contribution is 7.48. The molecule has 0 rings (SSSR count). The van der Waals surface area contributed by atoms with Gasteiger partial charge < -0.3 is 14.0 Å². The molecule has 0 aliphatic carbocycles. The van der Waals surface area contributed by atoms with E-state index in [2.05, 4.69) is 20.8 Å². The molecule has 0 unspecified atom stereocenters. The van der Waals surface area contributed by atoms with Gasteiger partial charge in [-0.2, -0.15) is 0 Å². The van der Waals surface area contributed by atoms with E-state index < -0.39 is 16.1 Å². The molecule has 18 heavy (non-hydrogen) atoms. The normalized spacial score (nSPS) is 12.9. The van der Waals surface area contributed by atoms with E-state index in [1.54, 1.807) is 0 Å². The maximum atomic E-state index is 11.2. The molecular formula is C12H29O4PSi. The van der Waals surface area contributed by atoms with E-state index in [1.165, 1.54) is 0 Å². The van der Waals surface area contributed by atoms with Crippen LogP contribution in [0.5, 0.6) is 0 Å². The van der Waals surface area contributed by atoms with E-state index >= 15 is 0 Å². The van der Waals surface area contributed by atoms with Crippen molar-refractivity contribution in [1.82, 2.24) is 0 Å². The third-order valence-corrected chi connectivity index (χ3v) is 9.57. The van der Waals surface area contributed by atoms with E-state index in [4.69, 9.17) is 4.21 Å². The van der Waals surface area contributed by atoms with Crippen LogP contribution in [0.15, 0.2) is 0 Å². The van der Waals surface area contributed by atoms with Gasteiger partial charge in [0, 0.05) is 0 Å². The van der Waals surface area contributed by atoms with Crippen LogP contribution in [-0.4, -0.2) is 18.1 Å². The van der Waals surface area contributed by atoms with E-state index in [0.29, 0.717) is 0 Å². The summed E-state index contributed by atoms with van der Waals surface area (Å²) >= 11 is 0. The molecular weight excluding hydrogens is 267 g/mol. The van der Waals surface area contributed by atoms with Gasteiger partial charge in [-0.15, -0.1) is 0 Å². The summed E-state index contributed by atoms with van der Waals surface area (Å²) in [6.45, 7) is 6.32. The van der Waals surface area contributed by atoms with Crippen molar-refractivity contribution in [3.05, 3.63) is 0 Å². The van der Waals surface area contributed by atoms with Gasteiger partial charge >= 0.3 is 7.82 Å². The first-order valence-electron chi connectivity index (χ1n) is 7.15. The minimum absolute atomic E-state index is 0.884. The molecule has 0 aromatic carbocycles. The Kier molecular flexibility index (Phi) is 9.43. The van der Waals surface area contributed by atoms with Gasteiger partial charge in [0.2, 0.25) is 8.32 Å². The van der Waals surface area contributed by atoms with Crippen LogP contribution in [0.1, 0.15) is 59.3 Å². The SMILES string of the molecule is CCCC[Si](CCCC)(CCCC)OP(=O)(O)O. The maximum absolute atomic E-state index is 11.2. The first-order chi connectivity index (χ1) is 8.39. The Hall–Kier alpha value is 0.327. The molecule has 2 N–H and O–H groups in total. The molecule has 4 nitrogen and oxygen atoms in total. The lowest BCUT2D eigenvalue weighted by atomic mass is 10.4. The van der Waals surface area contributed by atoms with Crippen molar-refractivity contribution in [2.45, 2.75) is 77.4 Å². The molecule has 6 heteroatoms. The van der Waals surface area contributed by atoms with Crippen LogP contribution < -0.4 is 0 Å². The quantitative estimate of drug-likeness (QED) is 0.437. The van der Waals surface area contributed by atoms with Crippen LogP contribution in [0, 0.1) is 0 Å². The van der Waals surface area contributed by atoms with Crippen molar-refractivity contribution in [3.8, 4) is 0 Å². The van der Waals surface area contributed by atoms with Gasteiger partial charge in [-0.3, -0.25) is 0 Å². The van der Waals surface area contributed by atoms with Crippen molar-refractivity contribution >= 4 is 16.1 Å². The van der Waals surface area contributed by atoms with Crippen LogP contribution in [0.4, 0.5) is 0 Å². The zero-order valence-electron chi connectivity index (χ0n) is 12.0. The molecule has 0 spiro atoms. The topological polar surface area (TPSA) is 66.8 Å². The highest BCUT2D eigenvalue weighted by Gasteiger charge is 2.39. The first kappa shape index (κ1) is 18.3. The van der Waals surface area contributed by atoms with Gasteiger partial charge in [0.05, 0.1) is 0 Å². The van der Waals surface area contributed by atoms with Crippen LogP contribution >= 0.6 is 7.82 Å². The second-order valence-corrected chi connectivity index (χ2v) is 10.7. The lowest BCUT2D eigenvalue weighted by Crippen LogP contribution is -2.37. The first-order valence-corrected chi connectivity index (χ1v) is 11.2. The number of rotatable bonds is 11. The predicted molar refractivity (Wildman–Crippen MR) is 78.0 cm³/mol. The Morgan fingerprint density at radius 2 is 1.22 bits per heavy atom. The monoisotopic (exact) mass is 296 g/mol. The maximum Gasteiger partial charge on any atom is 0.459 e. The molecule has 0 aromatic heterocycles. The lowest BCUT2D eigenvalue weighted by Gasteiger charge is -2.31. The Morgan fingerprint density at radius 3 is 1.44 bits per heavy atom. The average Bonchev–Trinajstić information content (AvgIpc) is 2.29. The van der Waals surface area contributed by atoms with E-state index in [-0.39, 0.29) is 0 Å². The Balaban J connectivity index is 4.78. The third kappa shape index (κ3) is 8.43. The second-order valence-electron chi connectivity index (χ2n) is 5.08. The summed E-state index contributed by atoms with van der Waals surface area (Å²) in [4.78, 5) is 18.3. The number of hydrogen-bond acceptors (Lipinski definition) is 2. The summed E-state index contributed by atoms with van der Waals surface area (Å²) in [5.74, 6) is 0. The fourth-order valence-electron chi connectivity index (χ4n) is 2.26. The summed E-state index contributed by atoms with van der Waals surface area (Å²) in [6.07, 6.45) is 6.20. The van der Waals surface area contributed by atoms with Crippen molar-refractivity contribution in [2.24, 2.45) is 0 Å². The molecule has 0 radical (unpaired) electrons. The zero-order chi connectivity index (χ0) is 14.1. The minimum Gasteiger partial charge on any atom is -0.329 e. The molecule has 0 saturated heterocycles. The lowest BCUT2D eigenvalue weighted by molar-refractivity contribution is 0.275. The molecule has 0 heterocycles. The smallest absolute Gasteiger partial charge is 0.329 e. The molecule has 110 valence electrons. The van der Waals surface area contributed by atoms with E-state index in [1.807, 2.05) is 0 Å². The molecule has 0 bridgehead atoms. The average molecular weight is 296 g/mol. The van der Waals surface area contributed by atoms with Crippen LogP contribution in [0.2, 0.25) is 18.1 Å². The zero-order valence-corrected chi connectivity index (χ0v) is 13.9. The van der Waals surface area contributed by atoms with Gasteiger partial charge in [0.15, 0.2) is 0 Å². The Labute approximate surface area is 113 Å². The van der Waals surface area contributed by atoms with Gasteiger partial charge in [0.1, 0.15) is 0 Å². The summed E-state index contributed by atoms with van der Waals surface area (Å²) in [5, 5.41) is 0. The van der Waals surface area contributed by atoms with Crippen LogP contribution in [0.25, 0.3) is 0 Å². The van der Waals surface area contributed by atoms with Crippen molar-refractivity contribution < 1.29 is 18.6 Å². The summed E-state index contributed by atoms with van der Waals surface area (Å²) < 4.78 is 16.6. The Morgan fingerprint density at radius 1 is 0.889 bits per heavy atom. The second kappa shape index (κ2) is 9.27. The standard InChI is InChI=1S/C12H29O4PSi/c1-4-7-10-18(11-8-5-2,12-9-6-3)16-17(13,14)15/h4-12H2,1-3H3,(H2,13,14,15). The number of hydrogen-bond donors (Lipinski definition) is 2. The van der Waals surface area contributed by atoms with Crippen LogP contribution in [-0.2, 0) is 8.78 Å². The van der Waals surface area contributed by atoms with Crippen LogP contribution in [0.3, 0.4) is 0 Å². The summed E-state index contributed by atoms with van der Waals surface area (Å²) in [5.41, 5.74) is 0. The summed E-state index contributed by atoms with van der Waals surface area (Å²) in [7, 11) is -6.60. The summed E-state index contributed by atoms with van der Waals surface area (Å²) in [6, 6.07) is 2.65. The molecule has 0 aliphatic heterocycles. The minimum atomic E-state index is -4.35. The number of unbranched alkanes of at least 4 members (excludes halogenated alkanes) is 3. The molecule has 0 amide bonds. The van der Waals surface area contributed by atoms with E-state index in [0.717, 1.165) is 56.7 Å². The van der Waals surface area contributed by atoms with Gasteiger partial charge in [-0.05, 0) is 18.1 Å². The highest BCUT2D eigenvalue weighted by atomic mass is 31.2. The van der Waals surface area contributed by atoms with Gasteiger partial charge in [-0.25, -0.2) is 4.57 Å². The fourth-order valence-corrected chi connectivity index (χ4v) is 9.12. The predicted octanol–water partition coefficient (Wildman–Crippen LogP) is 4.44. The molecule has 0 saturated carbocycles. The number of phosphoric acid groups is 1. The molecule has 0 aliphatic rings. The molecule has 0 atom stereocenters. The van der Waals surface area contributed by atoms with Gasteiger partial charge in [-0.1, -0.05) is 59.3 Å². The highest BCUT2D eigenvalue weighted by Crippen LogP contribution is 2.45. The van der Waals surface area contributed by atoms with Gasteiger partial charge in [0.25, 0.3) is 0 Å². The van der Waals surface area contributed by atoms with Crippen molar-refractivity contribution in [3.63, 3.8) is 0 Å². The van der Waals surface area contributed by atoms with E-state index in [9.17, 15) is 14.4 Å². The largest absolute Gasteiger partial charge is 0.459 e. The Bertz CT molecular complexity index is 233. The van der Waals surface area contributed by atoms with Crippen molar-refractivity contribution in [2.75, 3.05) is 0 Å². The fraction of sp³-hybridized carbons (Fsp3) is 1.00. The third-order valence-electron chi connectivity index (χ3n) is 3.27. The van der Waals surface area contributed by atoms with Crippen molar-refractivity contribution in [1.29, 1.82) is 0 Å². The molecule has 0 aromatic rings. The molecule has 0 fully saturated rings.